The molecule has 1 aromatic carbocycles. The van der Waals surface area contributed by atoms with Crippen molar-refractivity contribution in [3.63, 3.8) is 0 Å². The van der Waals surface area contributed by atoms with Gasteiger partial charge in [0.1, 0.15) is 5.65 Å². The summed E-state index contributed by atoms with van der Waals surface area (Å²) < 4.78 is 2.11. The number of carbonyl (C=O) groups excluding carboxylic acids is 1. The fourth-order valence-electron chi connectivity index (χ4n) is 4.30. The molecule has 0 unspecified atom stereocenters. The van der Waals surface area contributed by atoms with Crippen LogP contribution in [0, 0.1) is 0 Å². The maximum atomic E-state index is 13.0. The Balaban J connectivity index is 1.30. The van der Waals surface area contributed by atoms with Gasteiger partial charge >= 0.3 is 0 Å². The molecular weight excluding hydrogens is 348 g/mol. The lowest BCUT2D eigenvalue weighted by atomic mass is 10.0. The minimum Gasteiger partial charge on any atom is -0.325 e. The highest BCUT2D eigenvalue weighted by atomic mass is 16.2. The third-order valence-corrected chi connectivity index (χ3v) is 6.02. The average molecular weight is 374 g/mol. The molecule has 1 N–H and O–H groups in total. The number of piperidine rings is 1. The number of anilines is 1. The number of hydrogen-bond acceptors (Lipinski definition) is 3. The predicted molar refractivity (Wildman–Crippen MR) is 110 cm³/mol. The van der Waals surface area contributed by atoms with E-state index in [0.29, 0.717) is 0 Å². The first kappa shape index (κ1) is 17.4. The van der Waals surface area contributed by atoms with Crippen molar-refractivity contribution in [2.75, 3.05) is 11.9 Å². The van der Waals surface area contributed by atoms with E-state index in [1.165, 1.54) is 24.1 Å². The van der Waals surface area contributed by atoms with Crippen LogP contribution in [-0.4, -0.2) is 32.8 Å². The predicted octanol–water partition coefficient (Wildman–Crippen LogP) is 4.20. The topological polar surface area (TPSA) is 49.6 Å². The van der Waals surface area contributed by atoms with Gasteiger partial charge in [-0.15, -0.1) is 0 Å². The maximum absolute atomic E-state index is 13.0. The summed E-state index contributed by atoms with van der Waals surface area (Å²) in [5.74, 6) is 0.848. The molecule has 1 saturated carbocycles. The number of pyridine rings is 1. The summed E-state index contributed by atoms with van der Waals surface area (Å²) >= 11 is 0. The van der Waals surface area contributed by atoms with Gasteiger partial charge in [0.25, 0.3) is 0 Å². The molecule has 1 aliphatic carbocycles. The molecule has 1 aliphatic heterocycles. The van der Waals surface area contributed by atoms with Gasteiger partial charge in [0.2, 0.25) is 5.91 Å². The number of carbonyl (C=O) groups is 1. The number of likely N-dealkylation sites (tertiary alicyclic amines) is 1. The second kappa shape index (κ2) is 7.40. The molecule has 5 nitrogen and oxygen atoms in total. The van der Waals surface area contributed by atoms with E-state index in [1.807, 2.05) is 36.7 Å². The Morgan fingerprint density at radius 3 is 2.75 bits per heavy atom. The number of imidazole rings is 1. The van der Waals surface area contributed by atoms with Gasteiger partial charge in [-0.1, -0.05) is 24.6 Å². The summed E-state index contributed by atoms with van der Waals surface area (Å²) in [4.78, 5) is 19.7. The Labute approximate surface area is 165 Å². The van der Waals surface area contributed by atoms with Gasteiger partial charge in [-0.05, 0) is 68.0 Å². The molecule has 0 spiro atoms. The fraction of sp³-hybridized carbons (Fsp3) is 0.391. The van der Waals surface area contributed by atoms with Gasteiger partial charge in [0, 0.05) is 30.3 Å². The average Bonchev–Trinajstić information content (AvgIpc) is 3.46. The monoisotopic (exact) mass is 374 g/mol. The lowest BCUT2D eigenvalue weighted by Gasteiger charge is -2.34. The van der Waals surface area contributed by atoms with Crippen LogP contribution in [0.4, 0.5) is 5.69 Å². The molecular formula is C23H26N4O. The van der Waals surface area contributed by atoms with Crippen molar-refractivity contribution >= 4 is 17.2 Å². The molecule has 3 heterocycles. The highest BCUT2D eigenvalue weighted by Gasteiger charge is 2.29. The van der Waals surface area contributed by atoms with Crippen LogP contribution in [-0.2, 0) is 11.3 Å². The molecule has 1 amide bonds. The van der Waals surface area contributed by atoms with Crippen LogP contribution >= 0.6 is 0 Å². The Bertz CT molecular complexity index is 974. The van der Waals surface area contributed by atoms with E-state index < -0.39 is 0 Å². The van der Waals surface area contributed by atoms with Crippen molar-refractivity contribution in [2.24, 2.45) is 0 Å². The van der Waals surface area contributed by atoms with Crippen LogP contribution in [0.2, 0.25) is 0 Å². The first-order valence-corrected chi connectivity index (χ1v) is 10.3. The quantitative estimate of drug-likeness (QED) is 0.728. The molecule has 5 heteroatoms. The fourth-order valence-corrected chi connectivity index (χ4v) is 4.30. The molecule has 1 atom stereocenters. The van der Waals surface area contributed by atoms with E-state index in [0.717, 1.165) is 49.6 Å². The van der Waals surface area contributed by atoms with Crippen molar-refractivity contribution in [3.05, 3.63) is 66.1 Å². The molecule has 2 aliphatic rings. The van der Waals surface area contributed by atoms with Crippen LogP contribution in [0.1, 0.15) is 49.3 Å². The Hall–Kier alpha value is -2.66. The number of aromatic nitrogens is 2. The van der Waals surface area contributed by atoms with Crippen LogP contribution in [0.5, 0.6) is 0 Å². The normalized spacial score (nSPS) is 20.4. The Morgan fingerprint density at radius 2 is 1.93 bits per heavy atom. The molecule has 2 aromatic heterocycles. The van der Waals surface area contributed by atoms with E-state index >= 15 is 0 Å². The summed E-state index contributed by atoms with van der Waals surface area (Å²) in [6.07, 6.45) is 9.56. The van der Waals surface area contributed by atoms with Gasteiger partial charge in [-0.3, -0.25) is 9.69 Å². The number of fused-ring (bicyclic) bond motifs is 1. The zero-order valence-corrected chi connectivity index (χ0v) is 16.1. The van der Waals surface area contributed by atoms with E-state index in [2.05, 4.69) is 37.8 Å². The second-order valence-corrected chi connectivity index (χ2v) is 8.04. The number of amides is 1. The zero-order valence-electron chi connectivity index (χ0n) is 16.1. The second-order valence-electron chi connectivity index (χ2n) is 8.04. The van der Waals surface area contributed by atoms with Crippen LogP contribution in [0.3, 0.4) is 0 Å². The summed E-state index contributed by atoms with van der Waals surface area (Å²) in [6.45, 7) is 1.70. The lowest BCUT2D eigenvalue weighted by Crippen LogP contribution is -2.46. The van der Waals surface area contributed by atoms with Crippen LogP contribution in [0.15, 0.2) is 54.9 Å². The molecule has 28 heavy (non-hydrogen) atoms. The van der Waals surface area contributed by atoms with E-state index in [9.17, 15) is 4.79 Å². The van der Waals surface area contributed by atoms with Gasteiger partial charge in [-0.25, -0.2) is 4.98 Å². The molecule has 2 fully saturated rings. The number of rotatable bonds is 5. The molecule has 144 valence electrons. The zero-order chi connectivity index (χ0) is 18.9. The third-order valence-electron chi connectivity index (χ3n) is 6.02. The Morgan fingerprint density at radius 1 is 1.07 bits per heavy atom. The van der Waals surface area contributed by atoms with Crippen molar-refractivity contribution < 1.29 is 4.79 Å². The largest absolute Gasteiger partial charge is 0.325 e. The van der Waals surface area contributed by atoms with Gasteiger partial charge in [0.15, 0.2) is 0 Å². The van der Waals surface area contributed by atoms with Gasteiger partial charge in [0.05, 0.1) is 6.04 Å². The van der Waals surface area contributed by atoms with E-state index in [-0.39, 0.29) is 11.9 Å². The van der Waals surface area contributed by atoms with Crippen molar-refractivity contribution in [2.45, 2.75) is 50.6 Å². The smallest absolute Gasteiger partial charge is 0.241 e. The lowest BCUT2D eigenvalue weighted by molar-refractivity contribution is -0.122. The van der Waals surface area contributed by atoms with Crippen molar-refractivity contribution in [1.82, 2.24) is 14.3 Å². The standard InChI is InChI=1S/C23H26N4O/c28-23(25-19-11-9-18(10-12-19)17-7-8-17)21-5-1-2-14-26(21)16-20-4-3-6-22-24-13-15-27(20)22/h3-4,6,9-13,15,17,21H,1-2,5,7-8,14,16H2,(H,25,28)/t21-/m1/s1. The molecule has 1 saturated heterocycles. The Kier molecular flexibility index (Phi) is 4.61. The highest BCUT2D eigenvalue weighted by molar-refractivity contribution is 5.94. The summed E-state index contributed by atoms with van der Waals surface area (Å²) in [7, 11) is 0. The third kappa shape index (κ3) is 3.54. The summed E-state index contributed by atoms with van der Waals surface area (Å²) in [6, 6.07) is 14.5. The van der Waals surface area contributed by atoms with E-state index in [1.54, 1.807) is 0 Å². The van der Waals surface area contributed by atoms with Crippen molar-refractivity contribution in [3.8, 4) is 0 Å². The number of nitrogens with one attached hydrogen (secondary N) is 1. The summed E-state index contributed by atoms with van der Waals surface area (Å²) in [5.41, 5.74) is 4.41. The number of benzene rings is 1. The number of hydrogen-bond donors (Lipinski definition) is 1. The van der Waals surface area contributed by atoms with Crippen LogP contribution < -0.4 is 5.32 Å². The maximum Gasteiger partial charge on any atom is 0.241 e. The molecule has 3 aromatic rings. The van der Waals surface area contributed by atoms with Crippen LogP contribution in [0.25, 0.3) is 5.65 Å². The SMILES string of the molecule is O=C(Nc1ccc(C2CC2)cc1)[C@H]1CCCCN1Cc1cccc2nccn12. The van der Waals surface area contributed by atoms with Gasteiger partial charge < -0.3 is 9.72 Å². The minimum absolute atomic E-state index is 0.0874. The van der Waals surface area contributed by atoms with E-state index in [4.69, 9.17) is 0 Å². The minimum atomic E-state index is -0.0874. The van der Waals surface area contributed by atoms with Gasteiger partial charge in [-0.2, -0.15) is 0 Å². The molecule has 0 bridgehead atoms. The first-order chi connectivity index (χ1) is 13.8. The molecule has 0 radical (unpaired) electrons. The highest BCUT2D eigenvalue weighted by Crippen LogP contribution is 2.40. The molecule has 5 rings (SSSR count). The summed E-state index contributed by atoms with van der Waals surface area (Å²) in [5, 5.41) is 3.15. The first-order valence-electron chi connectivity index (χ1n) is 10.3. The van der Waals surface area contributed by atoms with Crippen molar-refractivity contribution in [1.29, 1.82) is 0 Å². The number of nitrogens with zero attached hydrogens (tertiary/aromatic N) is 3.